The van der Waals surface area contributed by atoms with Crippen LogP contribution in [0.4, 0.5) is 0 Å². The first-order chi connectivity index (χ1) is 12.5. The number of amides is 2. The minimum Gasteiger partial charge on any atom is -0.460 e. The van der Waals surface area contributed by atoms with Crippen molar-refractivity contribution in [3.8, 4) is 0 Å². The van der Waals surface area contributed by atoms with Crippen molar-refractivity contribution in [3.05, 3.63) is 0 Å². The first kappa shape index (κ1) is 24.3. The number of nitrogens with zero attached hydrogens (tertiary/aromatic N) is 1. The fraction of sp³-hybridized carbons (Fsp3) is 0.824. The van der Waals surface area contributed by atoms with Gasteiger partial charge < -0.3 is 10.1 Å². The zero-order valence-electron chi connectivity index (χ0n) is 16.1. The van der Waals surface area contributed by atoms with E-state index in [1.807, 2.05) is 20.8 Å². The molecule has 1 aliphatic heterocycles. The van der Waals surface area contributed by atoms with Crippen LogP contribution in [0.1, 0.15) is 47.0 Å². The molecule has 0 aromatic heterocycles. The zero-order valence-corrected chi connectivity index (χ0v) is 18.3. The quantitative estimate of drug-likeness (QED) is 0.465. The van der Waals surface area contributed by atoms with Crippen molar-refractivity contribution < 1.29 is 19.1 Å². The van der Waals surface area contributed by atoms with Crippen LogP contribution in [-0.4, -0.2) is 51.8 Å². The molecule has 1 fully saturated rings. The normalized spacial score (nSPS) is 21.1. The minimum absolute atomic E-state index is 0.166. The Morgan fingerprint density at radius 3 is 2.44 bits per heavy atom. The number of hydrogen-bond acceptors (Lipinski definition) is 5. The smallest absolute Gasteiger partial charge is 0.325 e. The van der Waals surface area contributed by atoms with Gasteiger partial charge in [-0.3, -0.25) is 19.4 Å². The summed E-state index contributed by atoms with van der Waals surface area (Å²) in [6.45, 7) is 7.53. The Labute approximate surface area is 175 Å². The second-order valence-electron chi connectivity index (χ2n) is 6.94. The van der Waals surface area contributed by atoms with Gasteiger partial charge in [-0.15, -0.1) is 0 Å². The number of nitrogens with one attached hydrogen (secondary N) is 2. The first-order valence-electron chi connectivity index (χ1n) is 9.07. The second kappa shape index (κ2) is 10.7. The van der Waals surface area contributed by atoms with E-state index >= 15 is 0 Å². The first-order valence-corrected chi connectivity index (χ1v) is 10.2. The molecule has 0 radical (unpaired) electrons. The molecule has 0 spiro atoms. The molecule has 1 aliphatic rings. The van der Waals surface area contributed by atoms with Gasteiger partial charge in [-0.25, -0.2) is 5.43 Å². The van der Waals surface area contributed by atoms with E-state index in [9.17, 15) is 14.4 Å². The molecule has 0 aliphatic carbocycles. The van der Waals surface area contributed by atoms with Gasteiger partial charge in [0, 0.05) is 12.5 Å². The molecule has 0 unspecified atom stereocenters. The Balaban J connectivity index is 2.59. The average Bonchev–Trinajstić information content (AvgIpc) is 2.63. The maximum Gasteiger partial charge on any atom is 0.325 e. The Kier molecular flexibility index (Phi) is 9.62. The van der Waals surface area contributed by atoms with Crippen LogP contribution in [0, 0.1) is 11.8 Å². The van der Waals surface area contributed by atoms with E-state index in [4.69, 9.17) is 39.5 Å². The van der Waals surface area contributed by atoms with Crippen molar-refractivity contribution in [2.75, 3.05) is 13.2 Å². The number of alkyl halides is 3. The zero-order chi connectivity index (χ0) is 20.8. The number of ether oxygens (including phenoxy) is 1. The molecule has 1 saturated heterocycles. The molecule has 27 heavy (non-hydrogen) atoms. The topological polar surface area (TPSA) is 87.7 Å². The van der Waals surface area contributed by atoms with Crippen LogP contribution < -0.4 is 10.7 Å². The fourth-order valence-electron chi connectivity index (χ4n) is 2.62. The third-order valence-electron chi connectivity index (χ3n) is 4.76. The lowest BCUT2D eigenvalue weighted by Gasteiger charge is -2.34. The van der Waals surface area contributed by atoms with Crippen molar-refractivity contribution in [2.24, 2.45) is 11.8 Å². The number of halogens is 3. The van der Waals surface area contributed by atoms with E-state index in [1.165, 1.54) is 5.01 Å². The molecule has 2 amide bonds. The number of rotatable bonds is 7. The molecule has 7 nitrogen and oxygen atoms in total. The third-order valence-corrected chi connectivity index (χ3v) is 5.08. The summed E-state index contributed by atoms with van der Waals surface area (Å²) in [5.74, 6) is -1.05. The third kappa shape index (κ3) is 8.02. The van der Waals surface area contributed by atoms with Gasteiger partial charge in [0.15, 0.2) is 0 Å². The summed E-state index contributed by atoms with van der Waals surface area (Å²) in [6, 6.07) is -1.43. The molecule has 10 heteroatoms. The highest BCUT2D eigenvalue weighted by Crippen LogP contribution is 2.26. The van der Waals surface area contributed by atoms with Gasteiger partial charge in [0.2, 0.25) is 9.70 Å². The summed E-state index contributed by atoms with van der Waals surface area (Å²) in [5, 5.41) is 4.08. The summed E-state index contributed by atoms with van der Waals surface area (Å²) in [5.41, 5.74) is 2.84. The number of hydrazine groups is 1. The molecule has 0 bridgehead atoms. The number of hydrogen-bond donors (Lipinski definition) is 2. The van der Waals surface area contributed by atoms with E-state index in [-0.39, 0.29) is 30.3 Å². The van der Waals surface area contributed by atoms with Gasteiger partial charge in [-0.1, -0.05) is 62.0 Å². The molecule has 0 aromatic carbocycles. The van der Waals surface area contributed by atoms with Crippen LogP contribution in [0.2, 0.25) is 0 Å². The van der Waals surface area contributed by atoms with Crippen LogP contribution in [0.25, 0.3) is 0 Å². The Morgan fingerprint density at radius 2 is 1.89 bits per heavy atom. The van der Waals surface area contributed by atoms with Crippen LogP contribution in [0.15, 0.2) is 0 Å². The van der Waals surface area contributed by atoms with Gasteiger partial charge in [-0.2, -0.15) is 0 Å². The number of esters is 1. The summed E-state index contributed by atoms with van der Waals surface area (Å²) >= 11 is 16.7. The molecule has 1 rings (SSSR count). The molecule has 4 atom stereocenters. The van der Waals surface area contributed by atoms with Crippen LogP contribution >= 0.6 is 34.8 Å². The van der Waals surface area contributed by atoms with E-state index in [1.54, 1.807) is 6.92 Å². The maximum absolute atomic E-state index is 12.6. The Morgan fingerprint density at radius 1 is 1.26 bits per heavy atom. The minimum atomic E-state index is -1.69. The lowest BCUT2D eigenvalue weighted by Crippen LogP contribution is -2.59. The fourth-order valence-corrected chi connectivity index (χ4v) is 2.78. The van der Waals surface area contributed by atoms with Crippen molar-refractivity contribution in [1.29, 1.82) is 0 Å². The van der Waals surface area contributed by atoms with E-state index in [0.717, 1.165) is 6.42 Å². The largest absolute Gasteiger partial charge is 0.460 e. The van der Waals surface area contributed by atoms with E-state index in [0.29, 0.717) is 19.4 Å². The van der Waals surface area contributed by atoms with E-state index in [2.05, 4.69) is 10.7 Å². The van der Waals surface area contributed by atoms with Crippen molar-refractivity contribution in [1.82, 2.24) is 15.8 Å². The molecule has 0 saturated carbocycles. The SMILES string of the molecule is CC[C@H](C)[C@H](C)C(=O)N[C@@H](C)C(=O)N1CCC[C@@H](C(=O)OCC(Cl)(Cl)Cl)N1. The molecule has 0 aromatic rings. The summed E-state index contributed by atoms with van der Waals surface area (Å²) in [7, 11) is 0. The molecular formula is C17H28Cl3N3O4. The highest BCUT2D eigenvalue weighted by molar-refractivity contribution is 6.67. The predicted molar refractivity (Wildman–Crippen MR) is 105 cm³/mol. The number of carbonyl (C=O) groups excluding carboxylic acids is 3. The Hall–Kier alpha value is -0.760. The van der Waals surface area contributed by atoms with Gasteiger partial charge >= 0.3 is 5.97 Å². The van der Waals surface area contributed by atoms with Crippen molar-refractivity contribution >= 4 is 52.6 Å². The monoisotopic (exact) mass is 443 g/mol. The van der Waals surface area contributed by atoms with Crippen LogP contribution in [0.3, 0.4) is 0 Å². The lowest BCUT2D eigenvalue weighted by molar-refractivity contribution is -0.153. The van der Waals surface area contributed by atoms with Crippen LogP contribution in [-0.2, 0) is 19.1 Å². The van der Waals surface area contributed by atoms with Crippen molar-refractivity contribution in [2.45, 2.75) is 62.8 Å². The summed E-state index contributed by atoms with van der Waals surface area (Å²) in [4.78, 5) is 37.0. The predicted octanol–water partition coefficient (Wildman–Crippen LogP) is 2.58. The molecule has 2 N–H and O–H groups in total. The molecule has 1 heterocycles. The number of carbonyl (C=O) groups is 3. The highest BCUT2D eigenvalue weighted by atomic mass is 35.6. The van der Waals surface area contributed by atoms with Crippen LogP contribution in [0.5, 0.6) is 0 Å². The summed E-state index contributed by atoms with van der Waals surface area (Å²) < 4.78 is 3.27. The van der Waals surface area contributed by atoms with Crippen molar-refractivity contribution in [3.63, 3.8) is 0 Å². The molecular weight excluding hydrogens is 417 g/mol. The summed E-state index contributed by atoms with van der Waals surface area (Å²) in [6.07, 6.45) is 1.98. The van der Waals surface area contributed by atoms with Gasteiger partial charge in [0.1, 0.15) is 18.7 Å². The lowest BCUT2D eigenvalue weighted by atomic mass is 9.92. The van der Waals surface area contributed by atoms with E-state index < -0.39 is 21.8 Å². The Bertz CT molecular complexity index is 542. The standard InChI is InChI=1S/C17H28Cl3N3O4/c1-5-10(2)11(3)14(24)21-12(4)15(25)23-8-6-7-13(22-23)16(26)27-9-17(18,19)20/h10-13,22H,5-9H2,1-4H3,(H,21,24)/t10-,11-,12-,13-/m0/s1. The average molecular weight is 445 g/mol. The maximum atomic E-state index is 12.6. The molecule has 156 valence electrons. The second-order valence-corrected chi connectivity index (χ2v) is 9.46. The van der Waals surface area contributed by atoms with Gasteiger partial charge in [0.25, 0.3) is 5.91 Å². The van der Waals surface area contributed by atoms with Gasteiger partial charge in [0.05, 0.1) is 0 Å². The highest BCUT2D eigenvalue weighted by Gasteiger charge is 2.33. The van der Waals surface area contributed by atoms with Gasteiger partial charge in [-0.05, 0) is 25.7 Å².